The SMILES string of the molecule is CCN(CCCCCN(CC)c1ccc(N=Nc2scc[n+]2CC)cc1)c1ccc(N=Nc2scc[n+]2CC)cc1.[Br-].[Br-]. The summed E-state index contributed by atoms with van der Waals surface area (Å²) in [6.07, 6.45) is 7.62. The number of anilines is 2. The van der Waals surface area contributed by atoms with Crippen LogP contribution in [0.5, 0.6) is 0 Å². The summed E-state index contributed by atoms with van der Waals surface area (Å²) in [7, 11) is 0. The molecule has 0 saturated heterocycles. The van der Waals surface area contributed by atoms with Crippen molar-refractivity contribution in [3.05, 3.63) is 71.7 Å². The first-order valence-corrected chi connectivity index (χ1v) is 16.4. The van der Waals surface area contributed by atoms with Gasteiger partial charge in [0.2, 0.25) is 0 Å². The standard InChI is InChI=1S/C31H42N8S2.2BrH/c1-5-36(28-16-12-26(13-17-28)32-34-30-38(7-3)22-24-40-30)20-10-9-11-21-37(6-2)29-18-14-27(15-19-29)33-35-31-39(8-4)23-25-41-31;;/h12-19,22-25H,5-11,20-21H2,1-4H3;2*1H/q+2;;/p-2. The first kappa shape index (κ1) is 36.7. The van der Waals surface area contributed by atoms with Gasteiger partial charge in [0, 0.05) is 48.3 Å². The fraction of sp³-hybridized carbons (Fsp3) is 0.419. The van der Waals surface area contributed by atoms with Crippen molar-refractivity contribution >= 4 is 55.7 Å². The Balaban J connectivity index is 0.00000323. The van der Waals surface area contributed by atoms with Crippen LogP contribution in [0, 0.1) is 0 Å². The molecule has 4 rings (SSSR count). The van der Waals surface area contributed by atoms with Gasteiger partial charge in [-0.25, -0.2) is 9.13 Å². The predicted octanol–water partition coefficient (Wildman–Crippen LogP) is 2.79. The van der Waals surface area contributed by atoms with Crippen molar-refractivity contribution in [1.82, 2.24) is 0 Å². The average Bonchev–Trinajstić information content (AvgIpc) is 3.68. The van der Waals surface area contributed by atoms with Gasteiger partial charge in [-0.05, 0) is 128 Å². The van der Waals surface area contributed by atoms with E-state index in [1.165, 1.54) is 30.6 Å². The summed E-state index contributed by atoms with van der Waals surface area (Å²) < 4.78 is 4.19. The van der Waals surface area contributed by atoms with E-state index in [4.69, 9.17) is 0 Å². The lowest BCUT2D eigenvalue weighted by molar-refractivity contribution is -0.677. The van der Waals surface area contributed by atoms with E-state index >= 15 is 0 Å². The maximum absolute atomic E-state index is 4.43. The van der Waals surface area contributed by atoms with Gasteiger partial charge in [-0.2, -0.15) is 0 Å². The highest BCUT2D eigenvalue weighted by molar-refractivity contribution is 7.13. The number of benzene rings is 2. The molecule has 0 radical (unpaired) electrons. The number of hydrogen-bond donors (Lipinski definition) is 0. The molecular weight excluding hydrogens is 708 g/mol. The lowest BCUT2D eigenvalue weighted by atomic mass is 10.2. The molecule has 0 saturated carbocycles. The molecule has 0 aliphatic heterocycles. The van der Waals surface area contributed by atoms with Gasteiger partial charge < -0.3 is 43.8 Å². The quantitative estimate of drug-likeness (QED) is 0.101. The third kappa shape index (κ3) is 10.8. The zero-order valence-corrected chi connectivity index (χ0v) is 30.2. The van der Waals surface area contributed by atoms with Gasteiger partial charge in [0.1, 0.15) is 23.8 Å². The molecule has 12 heteroatoms. The molecule has 2 heterocycles. The van der Waals surface area contributed by atoms with Crippen molar-refractivity contribution < 1.29 is 43.1 Å². The van der Waals surface area contributed by atoms with E-state index in [2.05, 4.69) is 116 Å². The van der Waals surface area contributed by atoms with Crippen LogP contribution in [0.4, 0.5) is 33.0 Å². The van der Waals surface area contributed by atoms with Crippen LogP contribution in [0.15, 0.2) is 92.1 Å². The fourth-order valence-corrected chi connectivity index (χ4v) is 6.10. The maximum atomic E-state index is 4.43. The highest BCUT2D eigenvalue weighted by Gasteiger charge is 2.12. The van der Waals surface area contributed by atoms with Crippen LogP contribution in [-0.4, -0.2) is 26.2 Å². The van der Waals surface area contributed by atoms with Crippen LogP contribution in [-0.2, 0) is 13.1 Å². The van der Waals surface area contributed by atoms with Crippen molar-refractivity contribution in [2.24, 2.45) is 20.5 Å². The molecule has 2 aromatic heterocycles. The molecule has 0 spiro atoms. The van der Waals surface area contributed by atoms with Crippen molar-refractivity contribution in [2.75, 3.05) is 36.0 Å². The second-order valence-corrected chi connectivity index (χ2v) is 11.3. The summed E-state index contributed by atoms with van der Waals surface area (Å²) in [6, 6.07) is 16.9. The highest BCUT2D eigenvalue weighted by Crippen LogP contribution is 2.25. The number of aryl methyl sites for hydroxylation is 2. The number of rotatable bonds is 16. The Hall–Kier alpha value is -2.54. The molecule has 0 N–H and O–H groups in total. The van der Waals surface area contributed by atoms with Gasteiger partial charge >= 0.3 is 10.3 Å². The third-order valence-electron chi connectivity index (χ3n) is 7.05. The molecule has 0 bridgehead atoms. The van der Waals surface area contributed by atoms with Crippen LogP contribution in [0.2, 0.25) is 0 Å². The lowest BCUT2D eigenvalue weighted by Gasteiger charge is -2.25. The minimum atomic E-state index is 0. The second-order valence-electron chi connectivity index (χ2n) is 9.60. The van der Waals surface area contributed by atoms with Crippen LogP contribution >= 0.6 is 22.7 Å². The molecule has 2 aromatic carbocycles. The molecule has 0 atom stereocenters. The number of aromatic nitrogens is 2. The van der Waals surface area contributed by atoms with Gasteiger partial charge in [0.15, 0.2) is 0 Å². The van der Waals surface area contributed by atoms with E-state index in [0.717, 1.165) is 60.9 Å². The van der Waals surface area contributed by atoms with E-state index in [1.807, 2.05) is 23.2 Å². The predicted molar refractivity (Wildman–Crippen MR) is 171 cm³/mol. The van der Waals surface area contributed by atoms with E-state index in [-0.39, 0.29) is 34.0 Å². The van der Waals surface area contributed by atoms with Crippen LogP contribution in [0.25, 0.3) is 0 Å². The van der Waals surface area contributed by atoms with Crippen LogP contribution < -0.4 is 52.9 Å². The van der Waals surface area contributed by atoms with E-state index in [1.54, 1.807) is 22.7 Å². The number of thiazole rings is 2. The minimum Gasteiger partial charge on any atom is -1.00 e. The Kier molecular flexibility index (Phi) is 16.8. The Bertz CT molecular complexity index is 1280. The number of azo groups is 2. The molecule has 8 nitrogen and oxygen atoms in total. The molecule has 0 amide bonds. The van der Waals surface area contributed by atoms with Crippen LogP contribution in [0.3, 0.4) is 0 Å². The van der Waals surface area contributed by atoms with Crippen molar-refractivity contribution in [3.63, 3.8) is 0 Å². The normalized spacial score (nSPS) is 11.1. The first-order chi connectivity index (χ1) is 20.1. The zero-order chi connectivity index (χ0) is 28.9. The largest absolute Gasteiger partial charge is 1.00 e. The Morgan fingerprint density at radius 2 is 0.953 bits per heavy atom. The lowest BCUT2D eigenvalue weighted by Crippen LogP contribution is -3.00. The highest BCUT2D eigenvalue weighted by atomic mass is 79.9. The molecule has 0 aliphatic carbocycles. The summed E-state index contributed by atoms with van der Waals surface area (Å²) in [4.78, 5) is 4.88. The van der Waals surface area contributed by atoms with Gasteiger partial charge in [0.25, 0.3) is 0 Å². The molecule has 0 fully saturated rings. The number of nitrogens with zero attached hydrogens (tertiary/aromatic N) is 8. The Morgan fingerprint density at radius 1 is 0.558 bits per heavy atom. The summed E-state index contributed by atoms with van der Waals surface area (Å²) in [6.45, 7) is 14.5. The van der Waals surface area contributed by atoms with Crippen molar-refractivity contribution in [3.8, 4) is 0 Å². The van der Waals surface area contributed by atoms with Crippen molar-refractivity contribution in [2.45, 2.75) is 60.0 Å². The van der Waals surface area contributed by atoms with E-state index in [0.29, 0.717) is 0 Å². The van der Waals surface area contributed by atoms with Crippen molar-refractivity contribution in [1.29, 1.82) is 0 Å². The molecular formula is C31H42Br2N8S2. The van der Waals surface area contributed by atoms with Gasteiger partial charge in [-0.15, -0.1) is 0 Å². The third-order valence-corrected chi connectivity index (χ3v) is 8.62. The van der Waals surface area contributed by atoms with Crippen LogP contribution in [0.1, 0.15) is 47.0 Å². The monoisotopic (exact) mass is 748 g/mol. The molecule has 4 aromatic rings. The smallest absolute Gasteiger partial charge is 0.408 e. The van der Waals surface area contributed by atoms with Gasteiger partial charge in [0.05, 0.1) is 23.3 Å². The van der Waals surface area contributed by atoms with E-state index < -0.39 is 0 Å². The molecule has 43 heavy (non-hydrogen) atoms. The average molecular weight is 751 g/mol. The summed E-state index contributed by atoms with van der Waals surface area (Å²) in [5, 5.41) is 23.6. The Labute approximate surface area is 285 Å². The topological polar surface area (TPSA) is 63.7 Å². The Morgan fingerprint density at radius 3 is 1.30 bits per heavy atom. The number of halogens is 2. The fourth-order valence-electron chi connectivity index (χ4n) is 4.62. The summed E-state index contributed by atoms with van der Waals surface area (Å²) in [5.74, 6) is 0. The zero-order valence-electron chi connectivity index (χ0n) is 25.4. The minimum absolute atomic E-state index is 0. The van der Waals surface area contributed by atoms with E-state index in [9.17, 15) is 0 Å². The second kappa shape index (κ2) is 19.7. The first-order valence-electron chi connectivity index (χ1n) is 14.6. The molecule has 0 unspecified atom stereocenters. The maximum Gasteiger partial charge on any atom is 0.408 e. The molecule has 232 valence electrons. The molecule has 0 aliphatic rings. The number of hydrogen-bond acceptors (Lipinski definition) is 8. The number of unbranched alkanes of at least 4 members (excludes halogenated alkanes) is 2. The van der Waals surface area contributed by atoms with Gasteiger partial charge in [-0.3, -0.25) is 0 Å². The summed E-state index contributed by atoms with van der Waals surface area (Å²) in [5.41, 5.74) is 4.23. The van der Waals surface area contributed by atoms with Gasteiger partial charge in [-0.1, -0.05) is 0 Å². The summed E-state index contributed by atoms with van der Waals surface area (Å²) >= 11 is 3.21.